The maximum Gasteiger partial charge on any atom is 0.178 e. The molecule has 47 heavy (non-hydrogen) atoms. The molecular weight excluding hydrogens is 590 g/mol. The van der Waals surface area contributed by atoms with Crippen LogP contribution in [0.3, 0.4) is 0 Å². The van der Waals surface area contributed by atoms with Gasteiger partial charge in [0.15, 0.2) is 5.60 Å². The Labute approximate surface area is 274 Å². The summed E-state index contributed by atoms with van der Waals surface area (Å²) in [7, 11) is 4.98. The number of aliphatic hydroxyl groups is 1. The molecule has 2 aliphatic heterocycles. The standard InChI is InChI=1S/C40H37NO6/c1-39(42)35-24-30(45-4)14-16-32(35)36-31-15-13-29(44-3)23-34(31)38-33(37(36)39)17-18-40(47-38,26-7-11-28(43-2)12-8-26)25-5-9-27(10-6-25)41-19-21-46-22-20-41/h5-18,23-24,42H,19-22H2,1-4H3/t39?,40-/m0/s1. The molecule has 238 valence electrons. The maximum atomic E-state index is 12.3. The Morgan fingerprint density at radius 1 is 0.723 bits per heavy atom. The summed E-state index contributed by atoms with van der Waals surface area (Å²) < 4.78 is 29.8. The van der Waals surface area contributed by atoms with Crippen molar-refractivity contribution in [1.82, 2.24) is 0 Å². The fourth-order valence-electron chi connectivity index (χ4n) is 7.50. The average molecular weight is 628 g/mol. The summed E-state index contributed by atoms with van der Waals surface area (Å²) in [6.45, 7) is 5.03. The van der Waals surface area contributed by atoms with Crippen LogP contribution in [0.2, 0.25) is 0 Å². The van der Waals surface area contributed by atoms with E-state index in [1.807, 2.05) is 49.4 Å². The molecule has 7 nitrogen and oxygen atoms in total. The van der Waals surface area contributed by atoms with Gasteiger partial charge in [-0.05, 0) is 89.7 Å². The number of nitrogens with zero attached hydrogens (tertiary/aromatic N) is 1. The minimum Gasteiger partial charge on any atom is -0.497 e. The van der Waals surface area contributed by atoms with Gasteiger partial charge >= 0.3 is 0 Å². The smallest absolute Gasteiger partial charge is 0.178 e. The van der Waals surface area contributed by atoms with Gasteiger partial charge in [-0.1, -0.05) is 36.4 Å². The summed E-state index contributed by atoms with van der Waals surface area (Å²) in [6.07, 6.45) is 4.24. The molecule has 0 radical (unpaired) electrons. The van der Waals surface area contributed by atoms with E-state index in [2.05, 4.69) is 59.5 Å². The van der Waals surface area contributed by atoms with Crippen molar-refractivity contribution in [3.8, 4) is 34.1 Å². The first-order valence-corrected chi connectivity index (χ1v) is 15.9. The van der Waals surface area contributed by atoms with E-state index in [9.17, 15) is 5.11 Å². The Morgan fingerprint density at radius 3 is 2.02 bits per heavy atom. The van der Waals surface area contributed by atoms with Crippen molar-refractivity contribution < 1.29 is 28.8 Å². The Bertz CT molecular complexity index is 2030. The van der Waals surface area contributed by atoms with Crippen LogP contribution in [0.25, 0.3) is 28.0 Å². The van der Waals surface area contributed by atoms with Crippen LogP contribution in [0, 0.1) is 0 Å². The minimum atomic E-state index is -1.29. The highest BCUT2D eigenvalue weighted by atomic mass is 16.5. The van der Waals surface area contributed by atoms with Crippen LogP contribution >= 0.6 is 0 Å². The van der Waals surface area contributed by atoms with Gasteiger partial charge in [-0.25, -0.2) is 0 Å². The van der Waals surface area contributed by atoms with E-state index >= 15 is 0 Å². The highest BCUT2D eigenvalue weighted by Gasteiger charge is 2.45. The molecule has 1 fully saturated rings. The predicted octanol–water partition coefficient (Wildman–Crippen LogP) is 7.29. The summed E-state index contributed by atoms with van der Waals surface area (Å²) in [6, 6.07) is 28.6. The minimum absolute atomic E-state index is 0.688. The second-order valence-electron chi connectivity index (χ2n) is 12.4. The van der Waals surface area contributed by atoms with Crippen LogP contribution in [0.1, 0.15) is 34.7 Å². The fourth-order valence-corrected chi connectivity index (χ4v) is 7.50. The van der Waals surface area contributed by atoms with Crippen molar-refractivity contribution in [3.05, 3.63) is 119 Å². The number of rotatable bonds is 6. The van der Waals surface area contributed by atoms with E-state index in [0.717, 1.165) is 93.2 Å². The fraction of sp³-hybridized carbons (Fsp3) is 0.250. The molecule has 5 aromatic carbocycles. The predicted molar refractivity (Wildman–Crippen MR) is 184 cm³/mol. The molecule has 0 amide bonds. The van der Waals surface area contributed by atoms with Crippen molar-refractivity contribution >= 4 is 22.5 Å². The Morgan fingerprint density at radius 2 is 1.34 bits per heavy atom. The molecule has 5 aromatic rings. The second kappa shape index (κ2) is 11.1. The number of hydrogen-bond donors (Lipinski definition) is 1. The van der Waals surface area contributed by atoms with Gasteiger partial charge in [0.2, 0.25) is 0 Å². The van der Waals surface area contributed by atoms with Gasteiger partial charge < -0.3 is 33.7 Å². The molecule has 1 unspecified atom stereocenters. The number of fused-ring (bicyclic) bond motifs is 8. The highest BCUT2D eigenvalue weighted by molar-refractivity contribution is 6.08. The Balaban J connectivity index is 1.36. The molecule has 1 saturated heterocycles. The third-order valence-corrected chi connectivity index (χ3v) is 9.95. The molecule has 7 heteroatoms. The lowest BCUT2D eigenvalue weighted by atomic mass is 9.80. The molecular formula is C40H37NO6. The van der Waals surface area contributed by atoms with Gasteiger partial charge in [0.1, 0.15) is 28.6 Å². The third-order valence-electron chi connectivity index (χ3n) is 9.95. The molecule has 0 bridgehead atoms. The van der Waals surface area contributed by atoms with E-state index in [1.165, 1.54) is 0 Å². The number of ether oxygens (including phenoxy) is 5. The summed E-state index contributed by atoms with van der Waals surface area (Å²) in [5, 5.41) is 14.2. The molecule has 0 aromatic heterocycles. The molecule has 2 heterocycles. The molecule has 1 aliphatic carbocycles. The number of anilines is 1. The maximum absolute atomic E-state index is 12.3. The van der Waals surface area contributed by atoms with Crippen LogP contribution in [-0.4, -0.2) is 52.7 Å². The lowest BCUT2D eigenvalue weighted by Gasteiger charge is -2.38. The van der Waals surface area contributed by atoms with Gasteiger partial charge in [0.05, 0.1) is 34.5 Å². The van der Waals surface area contributed by atoms with Gasteiger partial charge in [-0.15, -0.1) is 0 Å². The second-order valence-corrected chi connectivity index (χ2v) is 12.4. The third kappa shape index (κ3) is 4.48. The van der Waals surface area contributed by atoms with E-state index in [1.54, 1.807) is 21.3 Å². The van der Waals surface area contributed by atoms with E-state index < -0.39 is 11.2 Å². The SMILES string of the molecule is COc1ccc([C@@]2(c3ccc(N4CCOCC4)cc3)C=Cc3c4c(c5ccc(OC)cc5c3O2)-c2ccc(OC)cc2C4(C)O)cc1. The molecule has 3 aliphatic rings. The van der Waals surface area contributed by atoms with Gasteiger partial charge in [0.25, 0.3) is 0 Å². The van der Waals surface area contributed by atoms with Crippen LogP contribution < -0.4 is 23.8 Å². The van der Waals surface area contributed by atoms with Crippen molar-refractivity contribution in [3.63, 3.8) is 0 Å². The summed E-state index contributed by atoms with van der Waals surface area (Å²) >= 11 is 0. The molecule has 0 saturated carbocycles. The van der Waals surface area contributed by atoms with Crippen molar-refractivity contribution in [2.75, 3.05) is 52.5 Å². The van der Waals surface area contributed by atoms with Crippen molar-refractivity contribution in [1.29, 1.82) is 0 Å². The lowest BCUT2D eigenvalue weighted by molar-refractivity contribution is 0.105. The molecule has 2 atom stereocenters. The number of hydrogen-bond acceptors (Lipinski definition) is 7. The summed E-state index contributed by atoms with van der Waals surface area (Å²) in [5.74, 6) is 2.88. The summed E-state index contributed by atoms with van der Waals surface area (Å²) in [5.41, 5.74) is 5.26. The topological polar surface area (TPSA) is 69.6 Å². The number of methoxy groups -OCH3 is 3. The summed E-state index contributed by atoms with van der Waals surface area (Å²) in [4.78, 5) is 2.35. The number of benzene rings is 5. The van der Waals surface area contributed by atoms with Gasteiger partial charge in [-0.3, -0.25) is 0 Å². The zero-order valence-corrected chi connectivity index (χ0v) is 27.0. The van der Waals surface area contributed by atoms with Gasteiger partial charge in [-0.2, -0.15) is 0 Å². The van der Waals surface area contributed by atoms with E-state index in [-0.39, 0.29) is 0 Å². The monoisotopic (exact) mass is 627 g/mol. The first kappa shape index (κ1) is 29.4. The Hall–Kier alpha value is -4.98. The van der Waals surface area contributed by atoms with Crippen molar-refractivity contribution in [2.45, 2.75) is 18.1 Å². The first-order chi connectivity index (χ1) is 22.9. The first-order valence-electron chi connectivity index (χ1n) is 15.9. The van der Waals surface area contributed by atoms with Crippen LogP contribution in [-0.2, 0) is 15.9 Å². The molecule has 8 rings (SSSR count). The quantitative estimate of drug-likeness (QED) is 0.212. The average Bonchev–Trinajstić information content (AvgIpc) is 3.37. The van der Waals surface area contributed by atoms with Crippen LogP contribution in [0.5, 0.6) is 23.0 Å². The Kier molecular flexibility index (Phi) is 6.93. The number of morpholine rings is 1. The molecule has 0 spiro atoms. The highest BCUT2D eigenvalue weighted by Crippen LogP contribution is 2.58. The van der Waals surface area contributed by atoms with Gasteiger partial charge in [0, 0.05) is 46.4 Å². The normalized spacial score (nSPS) is 21.1. The molecule has 1 N–H and O–H groups in total. The largest absolute Gasteiger partial charge is 0.497 e. The van der Waals surface area contributed by atoms with E-state index in [0.29, 0.717) is 11.5 Å². The zero-order chi connectivity index (χ0) is 32.3. The van der Waals surface area contributed by atoms with Crippen molar-refractivity contribution in [2.24, 2.45) is 0 Å². The zero-order valence-electron chi connectivity index (χ0n) is 27.0. The van der Waals surface area contributed by atoms with Crippen LogP contribution in [0.4, 0.5) is 5.69 Å². The lowest BCUT2D eigenvalue weighted by Crippen LogP contribution is -2.37. The van der Waals surface area contributed by atoms with E-state index in [4.69, 9.17) is 23.7 Å². The van der Waals surface area contributed by atoms with Crippen LogP contribution in [0.15, 0.2) is 91.0 Å².